The normalized spacial score (nSPS) is 34.0. The van der Waals surface area contributed by atoms with E-state index in [1.54, 1.807) is 24.3 Å². The molecule has 0 bridgehead atoms. The van der Waals surface area contributed by atoms with E-state index in [1.165, 1.54) is 11.1 Å². The van der Waals surface area contributed by atoms with Gasteiger partial charge in [-0.1, -0.05) is 64.0 Å². The zero-order valence-corrected chi connectivity index (χ0v) is 19.6. The second-order valence-electron chi connectivity index (χ2n) is 11.0. The summed E-state index contributed by atoms with van der Waals surface area (Å²) in [5, 5.41) is 0. The summed E-state index contributed by atoms with van der Waals surface area (Å²) >= 11 is 0. The maximum Gasteiger partial charge on any atom is 0.268 e. The van der Waals surface area contributed by atoms with Crippen molar-refractivity contribution in [2.24, 2.45) is 28.6 Å². The van der Waals surface area contributed by atoms with Crippen LogP contribution in [-0.2, 0) is 4.79 Å². The first-order valence-corrected chi connectivity index (χ1v) is 12.1. The highest BCUT2D eigenvalue weighted by Crippen LogP contribution is 2.62. The van der Waals surface area contributed by atoms with Crippen molar-refractivity contribution in [2.45, 2.75) is 66.2 Å². The van der Waals surface area contributed by atoms with E-state index in [4.69, 9.17) is 0 Å². The lowest BCUT2D eigenvalue weighted by atomic mass is 9.46. The number of fused-ring (bicyclic) bond motifs is 4. The average Bonchev–Trinajstić information content (AvgIpc) is 3.03. The summed E-state index contributed by atoms with van der Waals surface area (Å²) in [6.45, 7) is 8.89. The number of nitrogens with zero attached hydrogens (tertiary/aromatic N) is 1. The molecular weight excluding hydrogens is 398 g/mol. The van der Waals surface area contributed by atoms with Gasteiger partial charge in [-0.3, -0.25) is 14.4 Å². The van der Waals surface area contributed by atoms with Crippen LogP contribution in [0.25, 0.3) is 0 Å². The molecule has 0 aromatic heterocycles. The number of hydrogen-bond donors (Lipinski definition) is 0. The van der Waals surface area contributed by atoms with Crippen LogP contribution in [0.15, 0.2) is 47.6 Å². The predicted octanol–water partition coefficient (Wildman–Crippen LogP) is 5.94. The van der Waals surface area contributed by atoms with Gasteiger partial charge < -0.3 is 0 Å². The molecule has 4 aliphatic rings. The molecule has 1 fully saturated rings. The predicted molar refractivity (Wildman–Crippen MR) is 124 cm³/mol. The summed E-state index contributed by atoms with van der Waals surface area (Å²) in [5.74, 6) is -0.0848. The van der Waals surface area contributed by atoms with E-state index in [0.29, 0.717) is 23.0 Å². The van der Waals surface area contributed by atoms with Crippen LogP contribution in [0.2, 0.25) is 0 Å². The molecule has 1 aliphatic heterocycles. The van der Waals surface area contributed by atoms with Gasteiger partial charge in [0.2, 0.25) is 5.91 Å². The first-order chi connectivity index (χ1) is 15.2. The quantitative estimate of drug-likeness (QED) is 0.544. The second-order valence-corrected chi connectivity index (χ2v) is 11.0. The molecule has 3 amide bonds. The van der Waals surface area contributed by atoms with Gasteiger partial charge in [0.15, 0.2) is 0 Å². The smallest absolute Gasteiger partial charge is 0.268 e. The lowest BCUT2D eigenvalue weighted by molar-refractivity contribution is -0.150. The molecule has 1 aromatic rings. The van der Waals surface area contributed by atoms with Crippen molar-refractivity contribution in [3.05, 3.63) is 58.7 Å². The summed E-state index contributed by atoms with van der Waals surface area (Å²) in [7, 11) is 0. The zero-order valence-electron chi connectivity index (χ0n) is 19.6. The highest BCUT2D eigenvalue weighted by molar-refractivity contribution is 6.29. The topological polar surface area (TPSA) is 54.5 Å². The van der Waals surface area contributed by atoms with Gasteiger partial charge >= 0.3 is 0 Å². The van der Waals surface area contributed by atoms with Gasteiger partial charge in [0.05, 0.1) is 16.5 Å². The molecule has 0 N–H and O–H groups in total. The van der Waals surface area contributed by atoms with E-state index in [2.05, 4.69) is 32.9 Å². The summed E-state index contributed by atoms with van der Waals surface area (Å²) in [5.41, 5.74) is 2.94. The van der Waals surface area contributed by atoms with E-state index < -0.39 is 17.2 Å². The monoisotopic (exact) mass is 431 g/mol. The molecule has 3 aliphatic carbocycles. The third-order valence-corrected chi connectivity index (χ3v) is 9.07. The van der Waals surface area contributed by atoms with Crippen LogP contribution in [0, 0.1) is 28.6 Å². The zero-order chi connectivity index (χ0) is 22.8. The van der Waals surface area contributed by atoms with Crippen LogP contribution in [0.4, 0.5) is 0 Å². The Morgan fingerprint density at radius 1 is 1.06 bits per heavy atom. The van der Waals surface area contributed by atoms with Gasteiger partial charge in [-0.2, -0.15) is 0 Å². The molecule has 4 heteroatoms. The number of rotatable bonds is 2. The van der Waals surface area contributed by atoms with Crippen molar-refractivity contribution < 1.29 is 14.4 Å². The lowest BCUT2D eigenvalue weighted by Crippen LogP contribution is -2.57. The number of carbonyl (C=O) groups excluding carboxylic acids is 3. The van der Waals surface area contributed by atoms with E-state index in [0.717, 1.165) is 43.4 Å². The number of allylic oxidation sites excluding steroid dienone is 4. The van der Waals surface area contributed by atoms with Crippen molar-refractivity contribution in [1.82, 2.24) is 4.90 Å². The standard InChI is InChI=1S/C28H33NO3/c1-17(2)18-10-12-22-19(16-18)11-13-23-27(22,3)14-7-15-28(23,4)26(32)29-24(30)20-8-5-6-9-21(20)25(29)31/h5-6,8-9,11,16-17,22-23H,7,10,12-15H2,1-4H3/t22-,23+,27+,28-/m1/s1. The minimum absolute atomic E-state index is 0.00439. The molecule has 1 saturated carbocycles. The van der Waals surface area contributed by atoms with Crippen molar-refractivity contribution >= 4 is 17.7 Å². The fraction of sp³-hybridized carbons (Fsp3) is 0.536. The third kappa shape index (κ3) is 2.84. The third-order valence-electron chi connectivity index (χ3n) is 9.07. The summed E-state index contributed by atoms with van der Waals surface area (Å²) in [6, 6.07) is 6.78. The van der Waals surface area contributed by atoms with Crippen LogP contribution in [0.5, 0.6) is 0 Å². The molecule has 168 valence electrons. The van der Waals surface area contributed by atoms with Crippen molar-refractivity contribution in [2.75, 3.05) is 0 Å². The molecule has 0 saturated heterocycles. The van der Waals surface area contributed by atoms with Gasteiger partial charge in [0, 0.05) is 0 Å². The van der Waals surface area contributed by atoms with Gasteiger partial charge in [-0.25, -0.2) is 4.90 Å². The van der Waals surface area contributed by atoms with Gasteiger partial charge in [-0.05, 0) is 73.0 Å². The highest BCUT2D eigenvalue weighted by Gasteiger charge is 2.59. The molecule has 0 spiro atoms. The number of amides is 3. The Hall–Kier alpha value is -2.49. The molecule has 1 heterocycles. The van der Waals surface area contributed by atoms with E-state index in [9.17, 15) is 14.4 Å². The number of benzene rings is 1. The molecule has 4 nitrogen and oxygen atoms in total. The first-order valence-electron chi connectivity index (χ1n) is 12.1. The van der Waals surface area contributed by atoms with E-state index >= 15 is 0 Å². The molecule has 1 aromatic carbocycles. The van der Waals surface area contributed by atoms with Crippen LogP contribution in [0.1, 0.15) is 86.9 Å². The van der Waals surface area contributed by atoms with Gasteiger partial charge in [-0.15, -0.1) is 0 Å². The Balaban J connectivity index is 1.51. The summed E-state index contributed by atoms with van der Waals surface area (Å²) < 4.78 is 0. The molecule has 0 radical (unpaired) electrons. The lowest BCUT2D eigenvalue weighted by Gasteiger charge is -2.58. The van der Waals surface area contributed by atoms with Gasteiger partial charge in [0.25, 0.3) is 11.8 Å². The Kier molecular flexibility index (Phi) is 4.85. The largest absolute Gasteiger partial charge is 0.273 e. The maximum atomic E-state index is 14.0. The van der Waals surface area contributed by atoms with Crippen LogP contribution < -0.4 is 0 Å². The van der Waals surface area contributed by atoms with E-state index in [1.807, 2.05) is 6.92 Å². The van der Waals surface area contributed by atoms with E-state index in [-0.39, 0.29) is 17.2 Å². The van der Waals surface area contributed by atoms with Gasteiger partial charge in [0.1, 0.15) is 0 Å². The molecule has 4 atom stereocenters. The van der Waals surface area contributed by atoms with Crippen LogP contribution >= 0.6 is 0 Å². The van der Waals surface area contributed by atoms with Crippen molar-refractivity contribution in [1.29, 1.82) is 0 Å². The Morgan fingerprint density at radius 2 is 1.72 bits per heavy atom. The summed E-state index contributed by atoms with van der Waals surface area (Å²) in [6.07, 6.45) is 10.6. The maximum absolute atomic E-state index is 14.0. The average molecular weight is 432 g/mol. The van der Waals surface area contributed by atoms with Crippen molar-refractivity contribution in [3.63, 3.8) is 0 Å². The Labute approximate surface area is 190 Å². The SMILES string of the molecule is CC(C)C1=CC2=CC[C@H]3[C@@](C)(CCC[C@@]3(C)C(=O)N3C(=O)c4ccccc4C3=O)[C@@H]2CC1. The number of hydrogen-bond acceptors (Lipinski definition) is 3. The number of carbonyl (C=O) groups is 3. The van der Waals surface area contributed by atoms with Crippen molar-refractivity contribution in [3.8, 4) is 0 Å². The number of imide groups is 3. The van der Waals surface area contributed by atoms with Crippen LogP contribution in [-0.4, -0.2) is 22.6 Å². The fourth-order valence-electron chi connectivity index (χ4n) is 7.23. The Bertz CT molecular complexity index is 1040. The second kappa shape index (κ2) is 7.26. The molecular formula is C28H33NO3. The molecule has 5 rings (SSSR count). The summed E-state index contributed by atoms with van der Waals surface area (Å²) in [4.78, 5) is 41.0. The Morgan fingerprint density at radius 3 is 2.34 bits per heavy atom. The molecule has 32 heavy (non-hydrogen) atoms. The molecule has 0 unspecified atom stereocenters. The minimum atomic E-state index is -0.718. The fourth-order valence-corrected chi connectivity index (χ4v) is 7.23. The first kappa shape index (κ1) is 21.4. The minimum Gasteiger partial charge on any atom is -0.273 e. The highest BCUT2D eigenvalue weighted by atomic mass is 16.2. The van der Waals surface area contributed by atoms with Crippen LogP contribution in [0.3, 0.4) is 0 Å².